The molecule has 6 heteroatoms. The zero-order chi connectivity index (χ0) is 65.5. The lowest BCUT2D eigenvalue weighted by Gasteiger charge is -2.27. The summed E-state index contributed by atoms with van der Waals surface area (Å²) in [7, 11) is 0. The number of para-hydroxylation sites is 8. The van der Waals surface area contributed by atoms with E-state index >= 15 is 0 Å². The molecule has 4 nitrogen and oxygen atoms in total. The number of rotatable bonds is 14. The van der Waals surface area contributed by atoms with Crippen LogP contribution in [0.25, 0.3) is 54.6 Å². The summed E-state index contributed by atoms with van der Waals surface area (Å²) in [5, 5.41) is 7.70. The van der Waals surface area contributed by atoms with E-state index in [0.29, 0.717) is 0 Å². The normalized spacial score (nSPS) is 12.0. The predicted octanol–water partition coefficient (Wildman–Crippen LogP) is 20.7. The Labute approximate surface area is 574 Å². The molecular formula is C92H68B2N4. The SMILES string of the molecule is Cc1cc(N(c2ccccc2)c2ccccc2)cc2c1B(c1ccc3ccc4ccc(B5c6c(C)cc(N(c7ccccc7)c7ccccc7)cc6-c6cc(N(c7ccccc7)c7ccccc7)cc(C)c65)c5ccc1c3c45)c1c(C)cc(N(c3ccccc3)c3ccccc3)cc1-2. The monoisotopic (exact) mass is 1250 g/mol. The molecule has 0 aromatic heterocycles. The van der Waals surface area contributed by atoms with E-state index in [1.54, 1.807) is 0 Å². The van der Waals surface area contributed by atoms with Gasteiger partial charge in [0.05, 0.1) is 0 Å². The fraction of sp³-hybridized carbons (Fsp3) is 0.0435. The predicted molar refractivity (Wildman–Crippen MR) is 421 cm³/mol. The maximum atomic E-state index is 2.49. The molecule has 0 N–H and O–H groups in total. The first-order valence-corrected chi connectivity index (χ1v) is 34.2. The second kappa shape index (κ2) is 24.0. The molecular weight excluding hydrogens is 1180 g/mol. The topological polar surface area (TPSA) is 13.0 Å². The zero-order valence-corrected chi connectivity index (χ0v) is 55.3. The maximum Gasteiger partial charge on any atom is 0.244 e. The maximum absolute atomic E-state index is 2.49. The van der Waals surface area contributed by atoms with Gasteiger partial charge in [-0.2, -0.15) is 0 Å². The molecule has 2 heterocycles. The Kier molecular flexibility index (Phi) is 14.3. The second-order valence-electron chi connectivity index (χ2n) is 26.5. The molecule has 0 bridgehead atoms. The first-order valence-electron chi connectivity index (χ1n) is 34.2. The third-order valence-electron chi connectivity index (χ3n) is 20.7. The summed E-state index contributed by atoms with van der Waals surface area (Å²) >= 11 is 0. The molecule has 0 fully saturated rings. The van der Waals surface area contributed by atoms with E-state index in [1.165, 1.54) is 110 Å². The van der Waals surface area contributed by atoms with Crippen molar-refractivity contribution in [2.75, 3.05) is 19.6 Å². The van der Waals surface area contributed by atoms with E-state index in [4.69, 9.17) is 0 Å². The van der Waals surface area contributed by atoms with Gasteiger partial charge in [-0.05, 0) is 228 Å². The van der Waals surface area contributed by atoms with Gasteiger partial charge in [-0.3, -0.25) is 0 Å². The number of aryl methyl sites for hydroxylation is 4. The van der Waals surface area contributed by atoms with Crippen molar-refractivity contribution >= 4 is 147 Å². The molecule has 0 saturated carbocycles. The van der Waals surface area contributed by atoms with Crippen molar-refractivity contribution in [2.24, 2.45) is 0 Å². The first kappa shape index (κ1) is 58.5. The Morgan fingerprint density at radius 2 is 0.388 bits per heavy atom. The first-order chi connectivity index (χ1) is 48.3. The van der Waals surface area contributed by atoms with Gasteiger partial charge >= 0.3 is 0 Å². The van der Waals surface area contributed by atoms with Crippen molar-refractivity contribution in [3.63, 3.8) is 0 Å². The highest BCUT2D eigenvalue weighted by Gasteiger charge is 2.41. The Morgan fingerprint density at radius 3 is 0.592 bits per heavy atom. The van der Waals surface area contributed by atoms with E-state index in [2.05, 4.69) is 387 Å². The molecule has 16 aromatic rings. The van der Waals surface area contributed by atoms with Crippen LogP contribution in [-0.4, -0.2) is 13.4 Å². The molecule has 0 unspecified atom stereocenters. The fourth-order valence-corrected chi connectivity index (χ4v) is 16.7. The van der Waals surface area contributed by atoms with Crippen LogP contribution in [0.4, 0.5) is 68.2 Å². The summed E-state index contributed by atoms with van der Waals surface area (Å²) in [4.78, 5) is 9.67. The van der Waals surface area contributed by atoms with E-state index < -0.39 is 0 Å². The molecule has 0 amide bonds. The second-order valence-corrected chi connectivity index (χ2v) is 26.5. The largest absolute Gasteiger partial charge is 0.310 e. The molecule has 2 aliphatic heterocycles. The van der Waals surface area contributed by atoms with E-state index in [0.717, 1.165) is 68.2 Å². The number of nitrogens with zero attached hydrogens (tertiary/aromatic N) is 4. The average Bonchev–Trinajstić information content (AvgIpc) is 1.40. The van der Waals surface area contributed by atoms with Crippen LogP contribution in [0.3, 0.4) is 0 Å². The van der Waals surface area contributed by atoms with Crippen LogP contribution < -0.4 is 52.4 Å². The van der Waals surface area contributed by atoms with Gasteiger partial charge in [-0.25, -0.2) is 0 Å². The van der Waals surface area contributed by atoms with Crippen molar-refractivity contribution < 1.29 is 0 Å². The molecule has 18 rings (SSSR count). The Hall–Kier alpha value is -12.1. The smallest absolute Gasteiger partial charge is 0.244 e. The number of hydrogen-bond acceptors (Lipinski definition) is 4. The van der Waals surface area contributed by atoms with Crippen LogP contribution in [0.1, 0.15) is 22.3 Å². The van der Waals surface area contributed by atoms with Crippen molar-refractivity contribution in [3.05, 3.63) is 362 Å². The molecule has 0 aliphatic carbocycles. The molecule has 462 valence electrons. The number of benzene rings is 16. The Bertz CT molecular complexity index is 4890. The van der Waals surface area contributed by atoms with Crippen molar-refractivity contribution in [1.82, 2.24) is 0 Å². The summed E-state index contributed by atoms with van der Waals surface area (Å²) < 4.78 is 0. The summed E-state index contributed by atoms with van der Waals surface area (Å²) in [6, 6.07) is 126. The summed E-state index contributed by atoms with van der Waals surface area (Å²) in [5.74, 6) is 0. The van der Waals surface area contributed by atoms with Gasteiger partial charge in [0.1, 0.15) is 0 Å². The molecule has 2 aliphatic rings. The Balaban J connectivity index is 0.854. The summed E-state index contributed by atoms with van der Waals surface area (Å²) in [5.41, 5.74) is 31.6. The van der Waals surface area contributed by atoms with Crippen molar-refractivity contribution in [3.8, 4) is 22.3 Å². The highest BCUT2D eigenvalue weighted by Crippen LogP contribution is 2.46. The van der Waals surface area contributed by atoms with Crippen LogP contribution in [0.5, 0.6) is 0 Å². The Morgan fingerprint density at radius 1 is 0.194 bits per heavy atom. The summed E-state index contributed by atoms with van der Waals surface area (Å²) in [6.07, 6.45) is 0. The van der Waals surface area contributed by atoms with Gasteiger partial charge in [0, 0.05) is 68.2 Å². The molecule has 0 atom stereocenters. The van der Waals surface area contributed by atoms with Crippen LogP contribution in [0.15, 0.2) is 340 Å². The van der Waals surface area contributed by atoms with Crippen LogP contribution in [-0.2, 0) is 0 Å². The summed E-state index contributed by atoms with van der Waals surface area (Å²) in [6.45, 7) is 9.28. The molecule has 16 aromatic carbocycles. The highest BCUT2D eigenvalue weighted by atomic mass is 15.2. The lowest BCUT2D eigenvalue weighted by atomic mass is 9.36. The third kappa shape index (κ3) is 9.69. The lowest BCUT2D eigenvalue weighted by Crippen LogP contribution is -2.51. The average molecular weight is 1250 g/mol. The number of fused-ring (bicyclic) bond motifs is 6. The van der Waals surface area contributed by atoms with E-state index in [-0.39, 0.29) is 13.4 Å². The van der Waals surface area contributed by atoms with E-state index in [9.17, 15) is 0 Å². The quantitative estimate of drug-likeness (QED) is 0.0795. The van der Waals surface area contributed by atoms with Crippen LogP contribution in [0.2, 0.25) is 0 Å². The molecule has 0 saturated heterocycles. The van der Waals surface area contributed by atoms with Gasteiger partial charge < -0.3 is 19.6 Å². The van der Waals surface area contributed by atoms with Gasteiger partial charge in [0.15, 0.2) is 0 Å². The van der Waals surface area contributed by atoms with Gasteiger partial charge in [0.2, 0.25) is 13.4 Å². The highest BCUT2D eigenvalue weighted by molar-refractivity contribution is 7.02. The number of hydrogen-bond donors (Lipinski definition) is 0. The molecule has 0 spiro atoms. The van der Waals surface area contributed by atoms with Crippen LogP contribution >= 0.6 is 0 Å². The molecule has 98 heavy (non-hydrogen) atoms. The third-order valence-corrected chi connectivity index (χ3v) is 20.7. The van der Waals surface area contributed by atoms with Gasteiger partial charge in [-0.15, -0.1) is 0 Å². The molecule has 0 radical (unpaired) electrons. The minimum atomic E-state index is -0.0594. The standard InChI is InChI=1S/C92H68B2N4/c1-61-53-75(95(67-29-13-5-14-30-67)68-31-15-6-16-32-68)57-81-82-58-76(96(69-33-17-7-18-34-69)70-35-19-8-20-36-70)54-62(2)90(82)93(89(61)81)85-51-47-65-45-46-66-48-52-86(80-50-49-79(85)87(65)88(66)80)94-91-63(3)55-77(97(71-37-21-9-22-38-71)72-39-23-10-24-40-72)59-83(91)84-60-78(56-64(4)92(84)94)98(73-41-25-11-26-42-73)74-43-27-12-28-44-74/h5-60H,1-4H3. The van der Waals surface area contributed by atoms with Crippen LogP contribution in [0, 0.1) is 27.7 Å². The van der Waals surface area contributed by atoms with E-state index in [1.807, 2.05) is 0 Å². The zero-order valence-electron chi connectivity index (χ0n) is 55.3. The minimum Gasteiger partial charge on any atom is -0.310 e. The lowest BCUT2D eigenvalue weighted by molar-refractivity contribution is 1.27. The number of anilines is 12. The van der Waals surface area contributed by atoms with Crippen molar-refractivity contribution in [1.29, 1.82) is 0 Å². The van der Waals surface area contributed by atoms with Gasteiger partial charge in [-0.1, -0.05) is 249 Å². The van der Waals surface area contributed by atoms with Crippen molar-refractivity contribution in [2.45, 2.75) is 27.7 Å². The van der Waals surface area contributed by atoms with Gasteiger partial charge in [0.25, 0.3) is 0 Å². The minimum absolute atomic E-state index is 0.0594. The fourth-order valence-electron chi connectivity index (χ4n) is 16.7.